The van der Waals surface area contributed by atoms with E-state index in [9.17, 15) is 4.79 Å². The van der Waals surface area contributed by atoms with Gasteiger partial charge in [0.05, 0.1) is 17.1 Å². The lowest BCUT2D eigenvalue weighted by Gasteiger charge is -2.06. The topological polar surface area (TPSA) is 80.9 Å². The van der Waals surface area contributed by atoms with Gasteiger partial charge in [-0.15, -0.1) is 11.3 Å². The molecule has 5 nitrogen and oxygen atoms in total. The number of carbonyl (C=O) groups is 1. The molecular formula is C12H13ClN4OS. The van der Waals surface area contributed by atoms with E-state index in [1.165, 1.54) is 17.1 Å². The average molecular weight is 297 g/mol. The summed E-state index contributed by atoms with van der Waals surface area (Å²) in [4.78, 5) is 20.6. The number of aromatic nitrogens is 2. The van der Waals surface area contributed by atoms with Crippen LogP contribution in [0, 0.1) is 0 Å². The van der Waals surface area contributed by atoms with Gasteiger partial charge < -0.3 is 11.1 Å². The molecule has 2 heterocycles. The van der Waals surface area contributed by atoms with Crippen LogP contribution in [0.4, 0.5) is 5.82 Å². The number of rotatable bonds is 5. The molecule has 100 valence electrons. The molecule has 0 radical (unpaired) electrons. The second-order valence-electron chi connectivity index (χ2n) is 3.85. The van der Waals surface area contributed by atoms with Gasteiger partial charge in [-0.05, 0) is 12.5 Å². The second kappa shape index (κ2) is 5.99. The molecule has 0 spiro atoms. The molecule has 0 unspecified atom stereocenters. The van der Waals surface area contributed by atoms with Crippen molar-refractivity contribution < 1.29 is 4.79 Å². The van der Waals surface area contributed by atoms with E-state index in [1.807, 2.05) is 6.20 Å². The maximum Gasteiger partial charge on any atom is 0.250 e. The van der Waals surface area contributed by atoms with Crippen molar-refractivity contribution in [2.45, 2.75) is 19.9 Å². The lowest BCUT2D eigenvalue weighted by Crippen LogP contribution is -2.12. The fraction of sp³-hybridized carbons (Fsp3) is 0.250. The monoisotopic (exact) mass is 296 g/mol. The van der Waals surface area contributed by atoms with Gasteiger partial charge in [-0.1, -0.05) is 18.5 Å². The Balaban J connectivity index is 2.05. The smallest absolute Gasteiger partial charge is 0.250 e. The van der Waals surface area contributed by atoms with Crippen LogP contribution in [0.3, 0.4) is 0 Å². The number of pyridine rings is 1. The fourth-order valence-electron chi connectivity index (χ4n) is 1.46. The van der Waals surface area contributed by atoms with E-state index in [0.29, 0.717) is 17.4 Å². The van der Waals surface area contributed by atoms with E-state index in [4.69, 9.17) is 17.3 Å². The van der Waals surface area contributed by atoms with Gasteiger partial charge in [0.2, 0.25) is 5.91 Å². The normalized spacial score (nSPS) is 10.4. The van der Waals surface area contributed by atoms with Crippen LogP contribution in [0.5, 0.6) is 0 Å². The summed E-state index contributed by atoms with van der Waals surface area (Å²) in [5, 5.41) is 4.42. The summed E-state index contributed by atoms with van der Waals surface area (Å²) in [6.07, 6.45) is 4.24. The standard InChI is InChI=1S/C12H13ClN4OS/c1-2-8-5-15-10(19-8)6-17-12-9(13)3-7(4-16-12)11(14)18/h3-5H,2,6H2,1H3,(H2,14,18)(H,16,17). The van der Waals surface area contributed by atoms with Crippen molar-refractivity contribution in [2.75, 3.05) is 5.32 Å². The molecule has 2 aromatic rings. The largest absolute Gasteiger partial charge is 0.366 e. The predicted molar refractivity (Wildman–Crippen MR) is 76.6 cm³/mol. The number of halogens is 1. The number of amides is 1. The first-order chi connectivity index (χ1) is 9.10. The summed E-state index contributed by atoms with van der Waals surface area (Å²) >= 11 is 7.67. The Morgan fingerprint density at radius 3 is 2.84 bits per heavy atom. The molecule has 1 amide bonds. The highest BCUT2D eigenvalue weighted by Crippen LogP contribution is 2.21. The Bertz CT molecular complexity index is 599. The molecule has 3 N–H and O–H groups in total. The van der Waals surface area contributed by atoms with Crippen molar-refractivity contribution in [3.05, 3.63) is 38.9 Å². The summed E-state index contributed by atoms with van der Waals surface area (Å²) in [5.41, 5.74) is 5.44. The third kappa shape index (κ3) is 3.42. The third-order valence-electron chi connectivity index (χ3n) is 2.48. The minimum absolute atomic E-state index is 0.290. The molecule has 0 atom stereocenters. The number of nitrogens with one attached hydrogen (secondary N) is 1. The lowest BCUT2D eigenvalue weighted by atomic mass is 10.3. The van der Waals surface area contributed by atoms with E-state index in [-0.39, 0.29) is 5.56 Å². The maximum atomic E-state index is 11.0. The number of primary amides is 1. The van der Waals surface area contributed by atoms with Crippen molar-refractivity contribution in [1.82, 2.24) is 9.97 Å². The number of carbonyl (C=O) groups excluding carboxylic acids is 1. The van der Waals surface area contributed by atoms with Crippen molar-refractivity contribution >= 4 is 34.7 Å². The number of anilines is 1. The third-order valence-corrected chi connectivity index (χ3v) is 3.91. The molecule has 0 fully saturated rings. The minimum Gasteiger partial charge on any atom is -0.366 e. The number of nitrogens with zero attached hydrogens (tertiary/aromatic N) is 2. The zero-order valence-electron chi connectivity index (χ0n) is 10.3. The SMILES string of the molecule is CCc1cnc(CNc2ncc(C(N)=O)cc2Cl)s1. The number of nitrogens with two attached hydrogens (primary N) is 1. The number of hydrogen-bond acceptors (Lipinski definition) is 5. The molecule has 2 rings (SSSR count). The van der Waals surface area contributed by atoms with Crippen LogP contribution in [0.25, 0.3) is 0 Å². The van der Waals surface area contributed by atoms with Crippen LogP contribution < -0.4 is 11.1 Å². The molecule has 19 heavy (non-hydrogen) atoms. The maximum absolute atomic E-state index is 11.0. The van der Waals surface area contributed by atoms with Crippen LogP contribution in [0.15, 0.2) is 18.5 Å². The van der Waals surface area contributed by atoms with Gasteiger partial charge in [-0.2, -0.15) is 0 Å². The highest BCUT2D eigenvalue weighted by Gasteiger charge is 2.08. The van der Waals surface area contributed by atoms with Crippen LogP contribution >= 0.6 is 22.9 Å². The van der Waals surface area contributed by atoms with Gasteiger partial charge >= 0.3 is 0 Å². The molecule has 0 saturated carbocycles. The van der Waals surface area contributed by atoms with Crippen molar-refractivity contribution in [1.29, 1.82) is 0 Å². The Labute approximate surface area is 119 Å². The van der Waals surface area contributed by atoms with E-state index >= 15 is 0 Å². The van der Waals surface area contributed by atoms with Crippen molar-refractivity contribution in [3.63, 3.8) is 0 Å². The molecule has 0 aromatic carbocycles. The van der Waals surface area contributed by atoms with Gasteiger partial charge in [0.1, 0.15) is 10.8 Å². The summed E-state index contributed by atoms with van der Waals surface area (Å²) in [6, 6.07) is 1.50. The summed E-state index contributed by atoms with van der Waals surface area (Å²) in [6.45, 7) is 2.64. The van der Waals surface area contributed by atoms with E-state index in [1.54, 1.807) is 11.3 Å². The summed E-state index contributed by atoms with van der Waals surface area (Å²) < 4.78 is 0. The summed E-state index contributed by atoms with van der Waals surface area (Å²) in [7, 11) is 0. The van der Waals surface area contributed by atoms with Gasteiger partial charge in [0.25, 0.3) is 0 Å². The first kappa shape index (κ1) is 13.8. The van der Waals surface area contributed by atoms with Crippen molar-refractivity contribution in [2.24, 2.45) is 5.73 Å². The van der Waals surface area contributed by atoms with E-state index in [0.717, 1.165) is 11.4 Å². The zero-order valence-corrected chi connectivity index (χ0v) is 11.9. The molecular weight excluding hydrogens is 284 g/mol. The quantitative estimate of drug-likeness (QED) is 0.888. The van der Waals surface area contributed by atoms with Crippen LogP contribution in [0.2, 0.25) is 5.02 Å². The molecule has 0 bridgehead atoms. The lowest BCUT2D eigenvalue weighted by molar-refractivity contribution is 0.1000. The fourth-order valence-corrected chi connectivity index (χ4v) is 2.49. The Morgan fingerprint density at radius 1 is 1.47 bits per heavy atom. The van der Waals surface area contributed by atoms with Gasteiger partial charge in [-0.3, -0.25) is 4.79 Å². The second-order valence-corrected chi connectivity index (χ2v) is 5.45. The Morgan fingerprint density at radius 2 is 2.26 bits per heavy atom. The molecule has 0 saturated heterocycles. The number of thiazole rings is 1. The Hall–Kier alpha value is -1.66. The molecule has 0 aliphatic rings. The number of aryl methyl sites for hydroxylation is 1. The molecule has 0 aliphatic heterocycles. The predicted octanol–water partition coefficient (Wildman–Crippen LogP) is 2.46. The van der Waals surface area contributed by atoms with Gasteiger partial charge in [0.15, 0.2) is 0 Å². The zero-order chi connectivity index (χ0) is 13.8. The van der Waals surface area contributed by atoms with Crippen LogP contribution in [0.1, 0.15) is 27.2 Å². The summed E-state index contributed by atoms with van der Waals surface area (Å²) in [5.74, 6) is -0.0339. The van der Waals surface area contributed by atoms with E-state index in [2.05, 4.69) is 22.2 Å². The first-order valence-corrected chi connectivity index (χ1v) is 6.92. The van der Waals surface area contributed by atoms with Gasteiger partial charge in [-0.25, -0.2) is 9.97 Å². The highest BCUT2D eigenvalue weighted by atomic mass is 35.5. The Kier molecular flexibility index (Phi) is 4.34. The first-order valence-electron chi connectivity index (χ1n) is 5.73. The molecule has 0 aliphatic carbocycles. The number of hydrogen-bond donors (Lipinski definition) is 2. The highest BCUT2D eigenvalue weighted by molar-refractivity contribution is 7.11. The van der Waals surface area contributed by atoms with E-state index < -0.39 is 5.91 Å². The van der Waals surface area contributed by atoms with Crippen LogP contribution in [-0.2, 0) is 13.0 Å². The molecule has 2 aromatic heterocycles. The van der Waals surface area contributed by atoms with Crippen LogP contribution in [-0.4, -0.2) is 15.9 Å². The van der Waals surface area contributed by atoms with Gasteiger partial charge in [0, 0.05) is 17.3 Å². The minimum atomic E-state index is -0.548. The average Bonchev–Trinajstić information content (AvgIpc) is 2.85. The molecule has 7 heteroatoms. The van der Waals surface area contributed by atoms with Crippen molar-refractivity contribution in [3.8, 4) is 0 Å².